The van der Waals surface area contributed by atoms with Crippen molar-refractivity contribution in [2.24, 2.45) is 0 Å². The van der Waals surface area contributed by atoms with Crippen LogP contribution in [-0.4, -0.2) is 276 Å². The number of nitrogens with two attached hydrogens (primary N) is 2. The molecule has 9 aromatic rings. The lowest BCUT2D eigenvalue weighted by Gasteiger charge is -2.29. The van der Waals surface area contributed by atoms with E-state index in [2.05, 4.69) is 54.8 Å². The van der Waals surface area contributed by atoms with E-state index in [1.165, 1.54) is 62.5 Å². The van der Waals surface area contributed by atoms with Crippen molar-refractivity contribution in [3.8, 4) is 0 Å². The summed E-state index contributed by atoms with van der Waals surface area (Å²) in [7, 11) is 1.03. The molecule has 9 aromatic heterocycles. The Kier molecular flexibility index (Phi) is 34.5. The molecule has 0 bridgehead atoms. The van der Waals surface area contributed by atoms with E-state index in [1.54, 1.807) is 6.92 Å². The number of ether oxygens (including phenoxy) is 7. The molecule has 7 fully saturated rings. The Hall–Kier alpha value is -6.75. The third kappa shape index (κ3) is 26.1. The number of hydrogen-bond acceptors (Lipinski definition) is 48. The van der Waals surface area contributed by atoms with Crippen LogP contribution in [0.25, 0.3) is 22.3 Å². The van der Waals surface area contributed by atoms with Crippen molar-refractivity contribution in [2.75, 3.05) is 58.2 Å². The number of fused-ring (bicyclic) bond motifs is 2. The number of hydrogen-bond donors (Lipinski definition) is 17. The highest BCUT2D eigenvalue weighted by molar-refractivity contribution is 8.09. The Labute approximate surface area is 857 Å². The summed E-state index contributed by atoms with van der Waals surface area (Å²) in [4.78, 5) is 260. The number of nitrogens with zero attached hydrogens (tertiary/aromatic N) is 12. The summed E-state index contributed by atoms with van der Waals surface area (Å²) in [6.45, 7) is -29.2. The van der Waals surface area contributed by atoms with E-state index in [-0.39, 0.29) is 81.2 Å². The maximum atomic E-state index is 13.6. The molecule has 0 aliphatic carbocycles. The second-order valence-electron chi connectivity index (χ2n) is 34.2. The normalized spacial score (nSPS) is 30.3. The molecule has 7 saturated heterocycles. The van der Waals surface area contributed by atoms with Gasteiger partial charge in [0.25, 0.3) is 33.4 Å². The highest BCUT2D eigenvalue weighted by Gasteiger charge is 2.55. The Morgan fingerprint density at radius 2 is 0.639 bits per heavy atom. The maximum Gasteiger partial charge on any atom is 0.330 e. The summed E-state index contributed by atoms with van der Waals surface area (Å²) in [5.41, 5.74) is 2.60. The second kappa shape index (κ2) is 45.0. The quantitative estimate of drug-likeness (QED) is 0.0180. The van der Waals surface area contributed by atoms with Crippen LogP contribution in [0, 0.1) is 34.6 Å². The van der Waals surface area contributed by atoms with E-state index in [4.69, 9.17) is 191 Å². The molecule has 9 unspecified atom stereocenters. The van der Waals surface area contributed by atoms with Gasteiger partial charge in [0.15, 0.2) is 35.1 Å². The van der Waals surface area contributed by atoms with Crippen LogP contribution in [0.3, 0.4) is 0 Å². The zero-order valence-corrected chi connectivity index (χ0v) is 89.0. The summed E-state index contributed by atoms with van der Waals surface area (Å²) in [5, 5.41) is 23.8. The Morgan fingerprint density at radius 1 is 0.354 bits per heavy atom. The molecule has 19 N–H and O–H groups in total. The van der Waals surface area contributed by atoms with Gasteiger partial charge in [-0.05, 0) is 124 Å². The van der Waals surface area contributed by atoms with E-state index >= 15 is 0 Å². The van der Waals surface area contributed by atoms with Crippen molar-refractivity contribution in [3.05, 3.63) is 192 Å². The Bertz CT molecular complexity index is 7620. The molecule has 7 aliphatic heterocycles. The lowest BCUT2D eigenvalue weighted by Crippen LogP contribution is -2.39. The molecule has 0 saturated carbocycles. The molecule has 0 aromatic carbocycles. The van der Waals surface area contributed by atoms with Gasteiger partial charge in [-0.25, -0.2) is 43.9 Å². The Morgan fingerprint density at radius 3 is 0.986 bits per heavy atom. The van der Waals surface area contributed by atoms with Crippen LogP contribution in [-0.2, 0) is 179 Å². The Balaban J connectivity index is 0.615. The van der Waals surface area contributed by atoms with E-state index in [1.807, 2.05) is 0 Å². The van der Waals surface area contributed by atoms with Crippen molar-refractivity contribution < 1.29 is 141 Å². The molecule has 0 spiro atoms. The van der Waals surface area contributed by atoms with Crippen molar-refractivity contribution in [3.63, 3.8) is 0 Å². The lowest BCUT2D eigenvalue weighted by atomic mass is 10.1. The maximum absolute atomic E-state index is 13.6. The van der Waals surface area contributed by atoms with Crippen LogP contribution in [0.2, 0.25) is 0 Å². The summed E-state index contributed by atoms with van der Waals surface area (Å²) < 4.78 is 134. The fraction of sp³-hybridized carbons (Fsp3) is 0.583. The average molecular weight is 2340 g/mol. The minimum absolute atomic E-state index is 0.00625. The monoisotopic (exact) mass is 2340 g/mol. The molecular formula is C72H95N20O41P7S7. The number of aliphatic hydroxyl groups is 2. The number of H-pyrrole nitrogens is 6. The average Bonchev–Trinajstić information content (AvgIpc) is 1.62. The first-order valence-corrected chi connectivity index (χ1v) is 61.9. The van der Waals surface area contributed by atoms with Gasteiger partial charge in [0.1, 0.15) is 104 Å². The number of anilines is 2. The first-order chi connectivity index (χ1) is 69.0. The van der Waals surface area contributed by atoms with Gasteiger partial charge in [-0.2, -0.15) is 4.98 Å². The highest BCUT2D eigenvalue weighted by Crippen LogP contribution is 2.59. The summed E-state index contributed by atoms with van der Waals surface area (Å²) in [6, 6.07) is 0. The molecule has 16 rings (SSSR count). The second-order valence-corrected chi connectivity index (χ2v) is 53.8. The van der Waals surface area contributed by atoms with Crippen molar-refractivity contribution in [1.29, 1.82) is 0 Å². The SMILES string of the molecule is CC[C@H]1O[C@@H](n2cc(C)c(=O)[nH]c2=O)C[C@H]1OP(O)(=S)OC[C@H]1O[C@@H](n2cc(C)c(=O)[nH]c2=O)C[C@H]1OP(O)(=S)OC[C@H]1O[C@@H](n2cc(C)c(=O)[nH]c2=O)C[C@H]1OP(O)(=S)OC[C@H]1O[C@@H](n2cnc3c(=O)[nH]c(N)nc32)C[C@H]1OP(O)(=S)OC[C@H]1O[C@@H](n2cc(C)c(=O)[nH]c2=O)C[C@H]1OP(O)(=S)OC[C@H]1O[C@@H](n2cc(C)c(=O)[nH]c2=O)C(O)[C@H]1OP(O)(=S)OC[C@H]1O[C@@H](n2cnc3c(N)ncnc32)C(O)[C@H]1OP(O)(=S)OC. The lowest BCUT2D eigenvalue weighted by molar-refractivity contribution is -0.0597. The molecule has 7 aliphatic rings. The van der Waals surface area contributed by atoms with Gasteiger partial charge in [0.2, 0.25) is 5.95 Å². The predicted octanol–water partition coefficient (Wildman–Crippen LogP) is -2.26. The van der Waals surface area contributed by atoms with Gasteiger partial charge in [-0.15, -0.1) is 0 Å². The van der Waals surface area contributed by atoms with Crippen LogP contribution in [0.4, 0.5) is 11.8 Å². The minimum atomic E-state index is -4.88. The number of nitrogen functional groups attached to an aromatic ring is 2. The first-order valence-electron chi connectivity index (χ1n) is 43.7. The van der Waals surface area contributed by atoms with E-state index in [0.29, 0.717) is 0 Å². The van der Waals surface area contributed by atoms with Crippen LogP contribution >= 0.6 is 47.0 Å². The summed E-state index contributed by atoms with van der Waals surface area (Å²) in [5.74, 6) is -0.410. The van der Waals surface area contributed by atoms with Gasteiger partial charge in [-0.3, -0.25) is 99.7 Å². The summed E-state index contributed by atoms with van der Waals surface area (Å²) in [6.07, 6.45) is -26.9. The largest absolute Gasteiger partial charge is 0.386 e. The molecule has 0 amide bonds. The van der Waals surface area contributed by atoms with Crippen LogP contribution in [0.15, 0.2) is 103 Å². The molecule has 75 heteroatoms. The molecular weight excluding hydrogens is 2240 g/mol. The van der Waals surface area contributed by atoms with Crippen molar-refractivity contribution in [1.82, 2.24) is 86.8 Å². The molecule has 16 heterocycles. The third-order valence-electron chi connectivity index (χ3n) is 24.1. The number of rotatable bonds is 41. The highest BCUT2D eigenvalue weighted by atomic mass is 32.5. The van der Waals surface area contributed by atoms with Crippen LogP contribution < -0.4 is 73.3 Å². The fourth-order valence-corrected chi connectivity index (χ4v) is 26.6. The fourth-order valence-electron chi connectivity index (χ4n) is 16.9. The molecule has 806 valence electrons. The smallest absolute Gasteiger partial charge is 0.330 e. The van der Waals surface area contributed by atoms with Crippen molar-refractivity contribution in [2.45, 2.75) is 221 Å². The van der Waals surface area contributed by atoms with Crippen molar-refractivity contribution >= 4 is 164 Å². The zero-order chi connectivity index (χ0) is 106. The van der Waals surface area contributed by atoms with Gasteiger partial charge >= 0.3 is 75.5 Å². The van der Waals surface area contributed by atoms with Gasteiger partial charge in [0.05, 0.1) is 88.9 Å². The van der Waals surface area contributed by atoms with Gasteiger partial charge in [-0.1, -0.05) is 6.92 Å². The van der Waals surface area contributed by atoms with Crippen LogP contribution in [0.1, 0.15) is 117 Å². The van der Waals surface area contributed by atoms with E-state index in [9.17, 15) is 97.2 Å². The van der Waals surface area contributed by atoms with E-state index < -0.39 is 309 Å². The molecule has 30 atom stereocenters. The topological polar surface area (TPSA) is 809 Å². The molecule has 0 radical (unpaired) electrons. The van der Waals surface area contributed by atoms with Gasteiger partial charge in [0, 0.05) is 98.0 Å². The van der Waals surface area contributed by atoms with Gasteiger partial charge < -0.3 is 143 Å². The van der Waals surface area contributed by atoms with E-state index in [0.717, 1.165) is 61.2 Å². The number of aryl methyl sites for hydroxylation is 5. The predicted molar refractivity (Wildman–Crippen MR) is 528 cm³/mol. The number of aliphatic hydroxyl groups excluding tert-OH is 2. The minimum Gasteiger partial charge on any atom is -0.386 e. The number of aromatic nitrogens is 18. The molecule has 147 heavy (non-hydrogen) atoms. The standard InChI is InChI=1S/C72H95N20O41P7S7/c1-8-33-34(9-45(120-33)86-14-28(2)59(95)81-68(86)101)127-135(107,142)114-19-39-35(10-46(121-39)87-15-29(3)60(96)82-69(87)102)128-136(108,143)115-20-40-36(11-47(122-40)88-16-30(4)61(97)83-70(88)103)129-137(109,144)117-22-42-38(13-49(124-42)91-26-78-51-58(91)79-67(74)80-64(51)100)131-138(110,145)116-21-41-37(12-48(123-41)89-17-31(5)62(98)84-71(89)104)130-139(111,146)118-23-44-55(52(93)65(125-44)90-18-32(6)63(99)85-72(90)105)133-140(112,147)119-24-43-54(132-134(106,141)113-7)53(94)66(126-43)92-27-77-50-56(73)75-25-76-57(50)92/h14-18,25-27,33-49,52-55,65-66,93-94H,8-13,19-24H2,1-7H3,(H,106,141)(H,107,142)(H,108,143)(H,109,144)(H,110,145)(H,111,146)(H,112,147)(H2,73,75,76)(H,81,95,101)(H,82,96,102)(H,83,97,103)(H,84,98,104)(H,85,99,105)(H3,74,79,80,100)/t33-,34-,35-,36-,37-,38-,39-,40-,41-,42-,43-,44-,45-,46-,47-,48-,49-,52?,53?,54+,55+,65-,66-,134?,135?,136?,137?,138?,139?,140?/m1/s1. The first kappa shape index (κ1) is 113. The summed E-state index contributed by atoms with van der Waals surface area (Å²) >= 11 is 38.6. The van der Waals surface area contributed by atoms with Crippen LogP contribution in [0.5, 0.6) is 0 Å². The number of aromatic amines is 6. The third-order valence-corrected chi connectivity index (χ3v) is 35.3. The number of nitrogens with one attached hydrogen (secondary N) is 6. The molecule has 61 nitrogen and oxygen atoms in total. The number of imidazole rings is 2. The zero-order valence-electron chi connectivity index (χ0n) is 77.0.